The SMILES string of the molecule is COc1ccc(OC)c(C(=O)c2cc(C)c(Cl)s2)c1. The van der Waals surface area contributed by atoms with Gasteiger partial charge >= 0.3 is 0 Å². The number of carbonyl (C=O) groups excluding carboxylic acids is 1. The van der Waals surface area contributed by atoms with E-state index in [1.807, 2.05) is 6.92 Å². The number of hydrogen-bond acceptors (Lipinski definition) is 4. The maximum atomic E-state index is 12.5. The summed E-state index contributed by atoms with van der Waals surface area (Å²) in [6.07, 6.45) is 0. The molecule has 1 aromatic heterocycles. The highest BCUT2D eigenvalue weighted by Crippen LogP contribution is 2.32. The zero-order valence-electron chi connectivity index (χ0n) is 10.8. The number of thiophene rings is 1. The van der Waals surface area contributed by atoms with Crippen LogP contribution in [0.15, 0.2) is 24.3 Å². The number of ether oxygens (including phenoxy) is 2. The summed E-state index contributed by atoms with van der Waals surface area (Å²) in [5.74, 6) is 1.02. The van der Waals surface area contributed by atoms with Crippen molar-refractivity contribution in [2.24, 2.45) is 0 Å². The smallest absolute Gasteiger partial charge is 0.206 e. The van der Waals surface area contributed by atoms with E-state index in [1.54, 1.807) is 31.4 Å². The van der Waals surface area contributed by atoms with Crippen LogP contribution in [0.2, 0.25) is 4.34 Å². The van der Waals surface area contributed by atoms with Gasteiger partial charge in [0.2, 0.25) is 5.78 Å². The molecule has 0 N–H and O–H groups in total. The van der Waals surface area contributed by atoms with Crippen molar-refractivity contribution in [1.29, 1.82) is 0 Å². The maximum Gasteiger partial charge on any atom is 0.206 e. The van der Waals surface area contributed by atoms with Gasteiger partial charge in [0, 0.05) is 0 Å². The lowest BCUT2D eigenvalue weighted by molar-refractivity contribution is 0.103. The minimum absolute atomic E-state index is 0.115. The highest BCUT2D eigenvalue weighted by molar-refractivity contribution is 7.18. The van der Waals surface area contributed by atoms with Crippen LogP contribution in [0, 0.1) is 6.92 Å². The number of rotatable bonds is 4. The second-order valence-electron chi connectivity index (χ2n) is 3.96. The lowest BCUT2D eigenvalue weighted by atomic mass is 10.1. The van der Waals surface area contributed by atoms with Crippen molar-refractivity contribution < 1.29 is 14.3 Å². The van der Waals surface area contributed by atoms with Crippen LogP contribution >= 0.6 is 22.9 Å². The van der Waals surface area contributed by atoms with Crippen molar-refractivity contribution in [2.45, 2.75) is 6.92 Å². The Bertz CT molecular complexity index is 600. The molecule has 0 unspecified atom stereocenters. The fourth-order valence-electron chi connectivity index (χ4n) is 1.70. The van der Waals surface area contributed by atoms with Gasteiger partial charge in [0.15, 0.2) is 0 Å². The molecule has 19 heavy (non-hydrogen) atoms. The first-order chi connectivity index (χ1) is 9.06. The van der Waals surface area contributed by atoms with E-state index in [9.17, 15) is 4.79 Å². The number of hydrogen-bond donors (Lipinski definition) is 0. The second kappa shape index (κ2) is 5.63. The van der Waals surface area contributed by atoms with Crippen LogP contribution < -0.4 is 9.47 Å². The number of carbonyl (C=O) groups is 1. The number of halogens is 1. The van der Waals surface area contributed by atoms with Crippen LogP contribution in [-0.2, 0) is 0 Å². The lowest BCUT2D eigenvalue weighted by Gasteiger charge is -2.08. The van der Waals surface area contributed by atoms with Crippen molar-refractivity contribution in [1.82, 2.24) is 0 Å². The predicted octanol–water partition coefficient (Wildman–Crippen LogP) is 3.96. The van der Waals surface area contributed by atoms with Gasteiger partial charge in [-0.1, -0.05) is 11.6 Å². The highest BCUT2D eigenvalue weighted by Gasteiger charge is 2.18. The molecule has 0 radical (unpaired) electrons. The topological polar surface area (TPSA) is 35.5 Å². The molecule has 5 heteroatoms. The van der Waals surface area contributed by atoms with Crippen molar-refractivity contribution in [3.63, 3.8) is 0 Å². The van der Waals surface area contributed by atoms with Crippen molar-refractivity contribution >= 4 is 28.7 Å². The Morgan fingerprint density at radius 1 is 1.21 bits per heavy atom. The molecule has 0 atom stereocenters. The molecule has 0 aliphatic carbocycles. The Morgan fingerprint density at radius 3 is 2.47 bits per heavy atom. The molecule has 100 valence electrons. The summed E-state index contributed by atoms with van der Waals surface area (Å²) in [5.41, 5.74) is 1.37. The van der Waals surface area contributed by atoms with Gasteiger partial charge in [-0.05, 0) is 36.8 Å². The average Bonchev–Trinajstić information content (AvgIpc) is 2.77. The van der Waals surface area contributed by atoms with E-state index in [4.69, 9.17) is 21.1 Å². The van der Waals surface area contributed by atoms with E-state index < -0.39 is 0 Å². The summed E-state index contributed by atoms with van der Waals surface area (Å²) in [6.45, 7) is 1.87. The summed E-state index contributed by atoms with van der Waals surface area (Å²) in [6, 6.07) is 6.93. The van der Waals surface area contributed by atoms with E-state index >= 15 is 0 Å². The number of aryl methyl sites for hydroxylation is 1. The summed E-state index contributed by atoms with van der Waals surface area (Å²) in [7, 11) is 3.09. The zero-order chi connectivity index (χ0) is 14.0. The lowest BCUT2D eigenvalue weighted by Crippen LogP contribution is -2.02. The standard InChI is InChI=1S/C14H13ClO3S/c1-8-6-12(19-14(8)15)13(16)10-7-9(17-2)4-5-11(10)18-3/h4-7H,1-3H3. The molecule has 2 aromatic rings. The highest BCUT2D eigenvalue weighted by atomic mass is 35.5. The Labute approximate surface area is 120 Å². The molecule has 3 nitrogen and oxygen atoms in total. The molecule has 0 spiro atoms. The third-order valence-electron chi connectivity index (χ3n) is 2.73. The summed E-state index contributed by atoms with van der Waals surface area (Å²) >= 11 is 7.27. The van der Waals surface area contributed by atoms with Crippen molar-refractivity contribution in [3.05, 3.63) is 44.6 Å². The molecule has 0 saturated heterocycles. The second-order valence-corrected chi connectivity index (χ2v) is 5.62. The first-order valence-electron chi connectivity index (χ1n) is 5.59. The Hall–Kier alpha value is -1.52. The zero-order valence-corrected chi connectivity index (χ0v) is 12.4. The molecule has 0 aliphatic heterocycles. The summed E-state index contributed by atoms with van der Waals surface area (Å²) in [4.78, 5) is 13.1. The van der Waals surface area contributed by atoms with Gasteiger partial charge < -0.3 is 9.47 Å². The van der Waals surface area contributed by atoms with Crippen molar-refractivity contribution in [3.8, 4) is 11.5 Å². The van der Waals surface area contributed by atoms with Gasteiger partial charge in [0.1, 0.15) is 11.5 Å². The van der Waals surface area contributed by atoms with Gasteiger partial charge in [0.25, 0.3) is 0 Å². The molecular formula is C14H13ClO3S. The average molecular weight is 297 g/mol. The molecular weight excluding hydrogens is 284 g/mol. The number of ketones is 1. The third-order valence-corrected chi connectivity index (χ3v) is 4.29. The van der Waals surface area contributed by atoms with Gasteiger partial charge in [-0.25, -0.2) is 0 Å². The fraction of sp³-hybridized carbons (Fsp3) is 0.214. The van der Waals surface area contributed by atoms with E-state index in [-0.39, 0.29) is 5.78 Å². The summed E-state index contributed by atoms with van der Waals surface area (Å²) < 4.78 is 11.0. The normalized spacial score (nSPS) is 10.3. The molecule has 1 aromatic carbocycles. The quantitative estimate of drug-likeness (QED) is 0.801. The van der Waals surface area contributed by atoms with Crippen LogP contribution in [0.25, 0.3) is 0 Å². The first kappa shape index (κ1) is 13.9. The maximum absolute atomic E-state index is 12.5. The molecule has 0 saturated carbocycles. The van der Waals surface area contributed by atoms with Crippen LogP contribution in [0.4, 0.5) is 0 Å². The minimum Gasteiger partial charge on any atom is -0.497 e. The molecule has 1 heterocycles. The number of benzene rings is 1. The Balaban J connectivity index is 2.47. The molecule has 0 bridgehead atoms. The van der Waals surface area contributed by atoms with E-state index in [0.29, 0.717) is 26.3 Å². The van der Waals surface area contributed by atoms with Gasteiger partial charge in [0.05, 0.1) is 29.0 Å². The van der Waals surface area contributed by atoms with Gasteiger partial charge in [-0.3, -0.25) is 4.79 Å². The third kappa shape index (κ3) is 2.74. The predicted molar refractivity (Wildman–Crippen MR) is 77.0 cm³/mol. The van der Waals surface area contributed by atoms with Crippen LogP contribution in [0.3, 0.4) is 0 Å². The molecule has 2 rings (SSSR count). The van der Waals surface area contributed by atoms with Gasteiger partial charge in [-0.15, -0.1) is 11.3 Å². The van der Waals surface area contributed by atoms with E-state index in [1.165, 1.54) is 18.4 Å². The monoisotopic (exact) mass is 296 g/mol. The molecule has 0 amide bonds. The Kier molecular flexibility index (Phi) is 4.12. The van der Waals surface area contributed by atoms with Gasteiger partial charge in [-0.2, -0.15) is 0 Å². The summed E-state index contributed by atoms with van der Waals surface area (Å²) in [5, 5.41) is 0. The van der Waals surface area contributed by atoms with Crippen LogP contribution in [0.1, 0.15) is 20.8 Å². The minimum atomic E-state index is -0.115. The fourth-order valence-corrected chi connectivity index (χ4v) is 2.85. The molecule has 0 fully saturated rings. The number of methoxy groups -OCH3 is 2. The first-order valence-corrected chi connectivity index (χ1v) is 6.79. The largest absolute Gasteiger partial charge is 0.497 e. The van der Waals surface area contributed by atoms with Crippen LogP contribution in [-0.4, -0.2) is 20.0 Å². The van der Waals surface area contributed by atoms with E-state index in [0.717, 1.165) is 5.56 Å². The van der Waals surface area contributed by atoms with E-state index in [2.05, 4.69) is 0 Å². The molecule has 0 aliphatic rings. The van der Waals surface area contributed by atoms with Crippen LogP contribution in [0.5, 0.6) is 11.5 Å². The van der Waals surface area contributed by atoms with Crippen molar-refractivity contribution in [2.75, 3.05) is 14.2 Å². The Morgan fingerprint density at radius 2 is 1.95 bits per heavy atom.